The van der Waals surface area contributed by atoms with Gasteiger partial charge in [0.15, 0.2) is 17.1 Å². The number of benzene rings is 3. The molecule has 36 heavy (non-hydrogen) atoms. The summed E-state index contributed by atoms with van der Waals surface area (Å²) in [5.41, 5.74) is 5.26. The van der Waals surface area contributed by atoms with Crippen molar-refractivity contribution in [3.63, 3.8) is 0 Å². The number of carbonyl (C=O) groups is 2. The number of methoxy groups -OCH3 is 1. The Kier molecular flexibility index (Phi) is 6.42. The van der Waals surface area contributed by atoms with E-state index in [1.54, 1.807) is 43.5 Å². The first-order chi connectivity index (χ1) is 17.5. The molecule has 8 nitrogen and oxygen atoms in total. The number of fused-ring (bicyclic) bond motifs is 2. The van der Waals surface area contributed by atoms with E-state index in [1.165, 1.54) is 6.21 Å². The lowest BCUT2D eigenvalue weighted by molar-refractivity contribution is -0.116. The number of hydrogen-bond acceptors (Lipinski definition) is 5. The summed E-state index contributed by atoms with van der Waals surface area (Å²) in [7, 11) is 1.54. The normalized spacial score (nSPS) is 11.3. The summed E-state index contributed by atoms with van der Waals surface area (Å²) >= 11 is 5.91. The van der Waals surface area contributed by atoms with E-state index in [9.17, 15) is 9.59 Å². The van der Waals surface area contributed by atoms with Crippen molar-refractivity contribution >= 4 is 57.2 Å². The quantitative estimate of drug-likeness (QED) is 0.229. The Balaban J connectivity index is 1.31. The van der Waals surface area contributed by atoms with Gasteiger partial charge in [0.05, 0.1) is 13.3 Å². The van der Waals surface area contributed by atoms with E-state index in [1.807, 2.05) is 47.2 Å². The molecular formula is C27H21ClN4O4. The van der Waals surface area contributed by atoms with E-state index in [2.05, 4.69) is 15.8 Å². The van der Waals surface area contributed by atoms with E-state index in [0.29, 0.717) is 22.0 Å². The van der Waals surface area contributed by atoms with Gasteiger partial charge in [-0.1, -0.05) is 41.9 Å². The monoisotopic (exact) mass is 500 g/mol. The Hall–Kier alpha value is -4.56. The molecule has 0 spiro atoms. The molecule has 2 aromatic heterocycles. The fraction of sp³-hybridized carbons (Fsp3) is 0.0741. The van der Waals surface area contributed by atoms with Crippen molar-refractivity contribution in [2.75, 3.05) is 12.4 Å². The summed E-state index contributed by atoms with van der Waals surface area (Å²) in [6, 6.07) is 21.6. The largest absolute Gasteiger partial charge is 0.493 e. The van der Waals surface area contributed by atoms with Crippen LogP contribution in [0.2, 0.25) is 5.02 Å². The lowest BCUT2D eigenvalue weighted by Crippen LogP contribution is -2.18. The predicted molar refractivity (Wildman–Crippen MR) is 140 cm³/mol. The maximum atomic E-state index is 12.6. The average Bonchev–Trinajstić information content (AvgIpc) is 3.47. The highest BCUT2D eigenvalue weighted by Crippen LogP contribution is 2.28. The van der Waals surface area contributed by atoms with Gasteiger partial charge in [-0.3, -0.25) is 9.59 Å². The van der Waals surface area contributed by atoms with Crippen molar-refractivity contribution in [3.05, 3.63) is 95.3 Å². The minimum Gasteiger partial charge on any atom is -0.493 e. The van der Waals surface area contributed by atoms with E-state index in [0.717, 1.165) is 21.9 Å². The number of carbonyl (C=O) groups excluding carboxylic acids is 2. The van der Waals surface area contributed by atoms with Gasteiger partial charge in [0.1, 0.15) is 6.54 Å². The molecule has 0 aliphatic carbocycles. The molecule has 0 saturated carbocycles. The Morgan fingerprint density at radius 3 is 2.69 bits per heavy atom. The second-order valence-corrected chi connectivity index (χ2v) is 8.41. The van der Waals surface area contributed by atoms with Gasteiger partial charge in [-0.25, -0.2) is 5.43 Å². The van der Waals surface area contributed by atoms with Crippen molar-refractivity contribution in [2.45, 2.75) is 6.54 Å². The first-order valence-corrected chi connectivity index (χ1v) is 11.4. The lowest BCUT2D eigenvalue weighted by atomic mass is 10.2. The number of halogens is 1. The number of amides is 2. The number of hydrazone groups is 1. The molecule has 180 valence electrons. The van der Waals surface area contributed by atoms with Crippen molar-refractivity contribution < 1.29 is 18.7 Å². The number of ether oxygens (including phenoxy) is 1. The standard InChI is InChI=1S/C27H21ClN4O4/c1-35-23-8-4-5-17-13-24(36-26(17)23)27(34)31-29-14-18-15-32(22-7-3-2-6-21(18)22)16-25(33)30-20-11-9-19(28)10-12-20/h2-15H,16H2,1H3,(H,30,33)(H,31,34)/b29-14+. The van der Waals surface area contributed by atoms with E-state index >= 15 is 0 Å². The summed E-state index contributed by atoms with van der Waals surface area (Å²) in [5, 5.41) is 9.21. The Morgan fingerprint density at radius 1 is 1.08 bits per heavy atom. The Bertz CT molecular complexity index is 1600. The zero-order valence-corrected chi connectivity index (χ0v) is 20.0. The third-order valence-electron chi connectivity index (χ3n) is 5.58. The predicted octanol–water partition coefficient (Wildman–Crippen LogP) is 5.45. The molecule has 0 unspecified atom stereocenters. The molecule has 0 radical (unpaired) electrons. The number of aromatic nitrogens is 1. The third-order valence-corrected chi connectivity index (χ3v) is 5.83. The number of nitrogens with zero attached hydrogens (tertiary/aromatic N) is 2. The van der Waals surface area contributed by atoms with Gasteiger partial charge in [-0.05, 0) is 42.5 Å². The fourth-order valence-electron chi connectivity index (χ4n) is 3.92. The fourth-order valence-corrected chi connectivity index (χ4v) is 4.05. The van der Waals surface area contributed by atoms with Crippen molar-refractivity contribution in [1.82, 2.24) is 9.99 Å². The van der Waals surface area contributed by atoms with Gasteiger partial charge >= 0.3 is 5.91 Å². The highest BCUT2D eigenvalue weighted by atomic mass is 35.5. The van der Waals surface area contributed by atoms with Gasteiger partial charge in [0.25, 0.3) is 0 Å². The van der Waals surface area contributed by atoms with Crippen LogP contribution < -0.4 is 15.5 Å². The minimum atomic E-state index is -0.490. The summed E-state index contributed by atoms with van der Waals surface area (Å²) in [6.07, 6.45) is 3.35. The van der Waals surface area contributed by atoms with Crippen molar-refractivity contribution in [1.29, 1.82) is 0 Å². The van der Waals surface area contributed by atoms with Gasteiger partial charge in [-0.2, -0.15) is 5.10 Å². The van der Waals surface area contributed by atoms with Crippen LogP contribution >= 0.6 is 11.6 Å². The molecular weight excluding hydrogens is 480 g/mol. The summed E-state index contributed by atoms with van der Waals surface area (Å²) < 4.78 is 12.8. The number of furan rings is 1. The molecule has 0 bridgehead atoms. The van der Waals surface area contributed by atoms with Crippen LogP contribution in [0.4, 0.5) is 5.69 Å². The molecule has 2 amide bonds. The van der Waals surface area contributed by atoms with Crippen LogP contribution in [-0.4, -0.2) is 29.7 Å². The van der Waals surface area contributed by atoms with Crippen LogP contribution in [0, 0.1) is 0 Å². The maximum absolute atomic E-state index is 12.6. The number of rotatable bonds is 7. The van der Waals surface area contributed by atoms with Crippen LogP contribution in [-0.2, 0) is 11.3 Å². The second kappa shape index (κ2) is 9.97. The molecule has 2 heterocycles. The SMILES string of the molecule is COc1cccc2cc(C(=O)N/N=C/c3cn(CC(=O)Nc4ccc(Cl)cc4)c4ccccc34)oc12. The minimum absolute atomic E-state index is 0.101. The second-order valence-electron chi connectivity index (χ2n) is 7.97. The molecule has 0 atom stereocenters. The van der Waals surface area contributed by atoms with Crippen LogP contribution in [0.5, 0.6) is 5.75 Å². The molecule has 0 aliphatic heterocycles. The van der Waals surface area contributed by atoms with Crippen molar-refractivity contribution in [3.8, 4) is 5.75 Å². The van der Waals surface area contributed by atoms with Crippen molar-refractivity contribution in [2.24, 2.45) is 5.10 Å². The number of hydrogen-bond donors (Lipinski definition) is 2. The van der Waals surface area contributed by atoms with Gasteiger partial charge in [0, 0.05) is 38.8 Å². The number of para-hydroxylation sites is 2. The molecule has 9 heteroatoms. The molecule has 5 aromatic rings. The van der Waals surface area contributed by atoms with Crippen LogP contribution in [0.1, 0.15) is 16.1 Å². The third kappa shape index (κ3) is 4.80. The molecule has 5 rings (SSSR count). The van der Waals surface area contributed by atoms with Crippen LogP contribution in [0.3, 0.4) is 0 Å². The average molecular weight is 501 g/mol. The summed E-state index contributed by atoms with van der Waals surface area (Å²) in [5.74, 6) is -0.0123. The molecule has 0 saturated heterocycles. The van der Waals surface area contributed by atoms with Crippen LogP contribution in [0.15, 0.2) is 88.5 Å². The van der Waals surface area contributed by atoms with Gasteiger partial charge < -0.3 is 19.0 Å². The zero-order chi connectivity index (χ0) is 25.1. The van der Waals surface area contributed by atoms with E-state index < -0.39 is 5.91 Å². The molecule has 2 N–H and O–H groups in total. The number of anilines is 1. The molecule has 3 aromatic carbocycles. The first kappa shape index (κ1) is 23.2. The first-order valence-electron chi connectivity index (χ1n) is 11.0. The van der Waals surface area contributed by atoms with Crippen LogP contribution in [0.25, 0.3) is 21.9 Å². The zero-order valence-electron chi connectivity index (χ0n) is 19.2. The Morgan fingerprint density at radius 2 is 1.89 bits per heavy atom. The van der Waals surface area contributed by atoms with E-state index in [-0.39, 0.29) is 18.2 Å². The van der Waals surface area contributed by atoms with E-state index in [4.69, 9.17) is 20.8 Å². The molecule has 0 aliphatic rings. The Labute approximate surface area is 211 Å². The highest BCUT2D eigenvalue weighted by molar-refractivity contribution is 6.30. The highest BCUT2D eigenvalue weighted by Gasteiger charge is 2.15. The summed E-state index contributed by atoms with van der Waals surface area (Å²) in [4.78, 5) is 25.2. The van der Waals surface area contributed by atoms with Gasteiger partial charge in [0.2, 0.25) is 5.91 Å². The number of nitrogens with one attached hydrogen (secondary N) is 2. The topological polar surface area (TPSA) is 97.9 Å². The smallest absolute Gasteiger partial charge is 0.307 e. The summed E-state index contributed by atoms with van der Waals surface area (Å²) in [6.45, 7) is 0.101. The van der Waals surface area contributed by atoms with Gasteiger partial charge in [-0.15, -0.1) is 0 Å². The molecule has 0 fully saturated rings. The lowest BCUT2D eigenvalue weighted by Gasteiger charge is -2.07. The maximum Gasteiger partial charge on any atom is 0.307 e.